The lowest BCUT2D eigenvalue weighted by Crippen LogP contribution is -2.61. The van der Waals surface area contributed by atoms with E-state index in [9.17, 15) is 19.8 Å². The van der Waals surface area contributed by atoms with Crippen LogP contribution in [0.4, 0.5) is 0 Å². The lowest BCUT2D eigenvalue weighted by Gasteiger charge is -2.41. The Hall–Kier alpha value is -1.74. The van der Waals surface area contributed by atoms with Crippen molar-refractivity contribution in [1.82, 2.24) is 0 Å². The molecule has 1 spiro atoms. The van der Waals surface area contributed by atoms with E-state index in [1.165, 1.54) is 0 Å². The lowest BCUT2D eigenvalue weighted by atomic mass is 9.71. The molecule has 0 aromatic rings. The predicted molar refractivity (Wildman–Crippen MR) is 92.8 cm³/mol. The number of carbonyl (C=O) groups excluding carboxylic acids is 2. The highest BCUT2D eigenvalue weighted by atomic mass is 16.7. The minimum absolute atomic E-state index is 0.146. The molecule has 9 atom stereocenters. The van der Waals surface area contributed by atoms with Crippen LogP contribution in [0.25, 0.3) is 0 Å². The van der Waals surface area contributed by atoms with Crippen LogP contribution < -0.4 is 0 Å². The summed E-state index contributed by atoms with van der Waals surface area (Å²) in [6.07, 6.45) is -1.48. The van der Waals surface area contributed by atoms with Crippen LogP contribution in [0.1, 0.15) is 27.2 Å². The quantitative estimate of drug-likeness (QED) is 0.383. The Labute approximate surface area is 162 Å². The molecule has 5 aliphatic rings. The van der Waals surface area contributed by atoms with Gasteiger partial charge in [-0.1, -0.05) is 12.7 Å². The van der Waals surface area contributed by atoms with Crippen LogP contribution in [0.15, 0.2) is 23.8 Å². The summed E-state index contributed by atoms with van der Waals surface area (Å²) < 4.78 is 22.7. The van der Waals surface area contributed by atoms with Crippen molar-refractivity contribution in [3.05, 3.63) is 23.8 Å². The number of fused-ring (bicyclic) bond motifs is 6. The maximum Gasteiger partial charge on any atom is 0.334 e. The Balaban J connectivity index is 1.61. The van der Waals surface area contributed by atoms with E-state index in [1.54, 1.807) is 26.8 Å². The van der Waals surface area contributed by atoms with E-state index < -0.39 is 65.0 Å². The van der Waals surface area contributed by atoms with Crippen molar-refractivity contribution in [3.8, 4) is 0 Å². The van der Waals surface area contributed by atoms with Gasteiger partial charge in [0.2, 0.25) is 0 Å². The fourth-order valence-electron chi connectivity index (χ4n) is 5.68. The monoisotopic (exact) mass is 392 g/mol. The zero-order valence-electron chi connectivity index (χ0n) is 16.0. The highest BCUT2D eigenvalue weighted by molar-refractivity contribution is 5.92. The fourth-order valence-corrected chi connectivity index (χ4v) is 5.68. The molecule has 8 heteroatoms. The molecule has 0 amide bonds. The third kappa shape index (κ3) is 1.94. The number of hydrogen-bond acceptors (Lipinski definition) is 8. The van der Waals surface area contributed by atoms with Crippen LogP contribution in [0, 0.1) is 11.8 Å². The fraction of sp³-hybridized carbons (Fsp3) is 0.700. The number of allylic oxidation sites excluding steroid dienone is 1. The number of ether oxygens (including phenoxy) is 4. The smallest absolute Gasteiger partial charge is 0.334 e. The number of epoxide rings is 2. The molecular weight excluding hydrogens is 368 g/mol. The molecule has 3 saturated heterocycles. The van der Waals surface area contributed by atoms with Crippen LogP contribution >= 0.6 is 0 Å². The van der Waals surface area contributed by atoms with Crippen molar-refractivity contribution in [3.63, 3.8) is 0 Å². The summed E-state index contributed by atoms with van der Waals surface area (Å²) in [7, 11) is 0. The van der Waals surface area contributed by atoms with Gasteiger partial charge in [0.05, 0.1) is 24.5 Å². The minimum atomic E-state index is -1.68. The van der Waals surface area contributed by atoms with Gasteiger partial charge in [0.15, 0.2) is 0 Å². The average Bonchev–Trinajstić information content (AvgIpc) is 3.53. The highest BCUT2D eigenvalue weighted by Crippen LogP contribution is 2.69. The Morgan fingerprint density at radius 2 is 2.07 bits per heavy atom. The van der Waals surface area contributed by atoms with E-state index in [2.05, 4.69) is 6.58 Å². The van der Waals surface area contributed by atoms with Crippen molar-refractivity contribution < 1.29 is 38.7 Å². The summed E-state index contributed by atoms with van der Waals surface area (Å²) in [6.45, 7) is 9.24. The first-order chi connectivity index (χ1) is 13.1. The van der Waals surface area contributed by atoms with Crippen molar-refractivity contribution >= 4 is 11.9 Å². The van der Waals surface area contributed by atoms with E-state index in [0.29, 0.717) is 12.2 Å². The number of aliphatic hydroxyl groups excluding tert-OH is 1. The van der Waals surface area contributed by atoms with E-state index in [-0.39, 0.29) is 12.0 Å². The molecule has 5 fully saturated rings. The largest absolute Gasteiger partial charge is 0.458 e. The maximum atomic E-state index is 12.5. The molecule has 3 heterocycles. The van der Waals surface area contributed by atoms with E-state index >= 15 is 0 Å². The van der Waals surface area contributed by atoms with Crippen molar-refractivity contribution in [2.75, 3.05) is 6.61 Å². The lowest BCUT2D eigenvalue weighted by molar-refractivity contribution is -0.196. The molecule has 0 radical (unpaired) electrons. The molecule has 2 saturated carbocycles. The van der Waals surface area contributed by atoms with Gasteiger partial charge >= 0.3 is 11.9 Å². The third-order valence-electron chi connectivity index (χ3n) is 7.48. The van der Waals surface area contributed by atoms with Gasteiger partial charge in [-0.05, 0) is 20.8 Å². The normalized spacial score (nSPS) is 53.8. The van der Waals surface area contributed by atoms with Gasteiger partial charge in [-0.2, -0.15) is 0 Å². The van der Waals surface area contributed by atoms with Crippen molar-refractivity contribution in [2.24, 2.45) is 11.8 Å². The number of esters is 2. The van der Waals surface area contributed by atoms with E-state index in [1.807, 2.05) is 0 Å². The minimum Gasteiger partial charge on any atom is -0.458 e. The zero-order chi connectivity index (χ0) is 20.2. The standard InChI is InChI=1S/C20H24O8/c1-5-8(2)16(22)26-10-6-19(7-25-19)13-12(21)15-18(4,28-15)20(13,24)14-11(10)9(3)17(23)27-14/h5,10-15,21,24H,3,6-7H2,1-2,4H3/b8-5+/t10-,11+,12+,13+,14+,15-,18-,19+,20-/m1/s1. The van der Waals surface area contributed by atoms with Gasteiger partial charge in [-0.15, -0.1) is 0 Å². The van der Waals surface area contributed by atoms with E-state index in [0.717, 1.165) is 0 Å². The van der Waals surface area contributed by atoms with Gasteiger partial charge < -0.3 is 29.2 Å². The van der Waals surface area contributed by atoms with Crippen LogP contribution in [-0.2, 0) is 28.5 Å². The first kappa shape index (κ1) is 18.3. The number of rotatable bonds is 2. The average molecular weight is 392 g/mol. The molecule has 5 rings (SSSR count). The number of hydrogen-bond donors (Lipinski definition) is 2. The second-order valence-corrected chi connectivity index (χ2v) is 8.79. The molecular formula is C20H24O8. The summed E-state index contributed by atoms with van der Waals surface area (Å²) in [5.41, 5.74) is -3.03. The topological polar surface area (TPSA) is 118 Å². The van der Waals surface area contributed by atoms with Crippen LogP contribution in [0.2, 0.25) is 0 Å². The molecule has 0 aromatic carbocycles. The van der Waals surface area contributed by atoms with Crippen molar-refractivity contribution in [1.29, 1.82) is 0 Å². The first-order valence-electron chi connectivity index (χ1n) is 9.56. The second kappa shape index (κ2) is 5.24. The Bertz CT molecular complexity index is 828. The Morgan fingerprint density at radius 3 is 2.68 bits per heavy atom. The molecule has 8 nitrogen and oxygen atoms in total. The molecule has 3 aliphatic heterocycles. The second-order valence-electron chi connectivity index (χ2n) is 8.79. The Kier molecular flexibility index (Phi) is 3.43. The summed E-state index contributed by atoms with van der Waals surface area (Å²) >= 11 is 0. The molecule has 0 bridgehead atoms. The zero-order valence-corrected chi connectivity index (χ0v) is 16.0. The van der Waals surface area contributed by atoms with Gasteiger partial charge in [0, 0.05) is 17.6 Å². The van der Waals surface area contributed by atoms with Gasteiger partial charge in [0.25, 0.3) is 0 Å². The molecule has 2 aliphatic carbocycles. The first-order valence-corrected chi connectivity index (χ1v) is 9.56. The van der Waals surface area contributed by atoms with Crippen molar-refractivity contribution in [2.45, 2.75) is 68.4 Å². The van der Waals surface area contributed by atoms with Crippen LogP contribution in [0.5, 0.6) is 0 Å². The summed E-state index contributed by atoms with van der Waals surface area (Å²) in [6, 6.07) is 0. The SMILES string of the molecule is C=C1C(=O)O[C@H]2[C@@H]1[C@H](OC(=O)/C(C)=C/C)C[C@]1(CO1)[C@@H]1[C@H](O)[C@H]3O[C@@]3(C)[C@]21O. The molecule has 152 valence electrons. The summed E-state index contributed by atoms with van der Waals surface area (Å²) in [4.78, 5) is 24.8. The third-order valence-corrected chi connectivity index (χ3v) is 7.48. The van der Waals surface area contributed by atoms with E-state index in [4.69, 9.17) is 18.9 Å². The molecule has 0 unspecified atom stereocenters. The highest BCUT2D eigenvalue weighted by Gasteiger charge is 2.88. The van der Waals surface area contributed by atoms with Crippen LogP contribution in [-0.4, -0.2) is 70.0 Å². The van der Waals surface area contributed by atoms with Gasteiger partial charge in [-0.3, -0.25) is 0 Å². The van der Waals surface area contributed by atoms with Gasteiger partial charge in [-0.25, -0.2) is 9.59 Å². The number of carbonyl (C=O) groups is 2. The molecule has 0 aromatic heterocycles. The maximum absolute atomic E-state index is 12.5. The summed E-state index contributed by atoms with van der Waals surface area (Å²) in [5.74, 6) is -2.62. The molecule has 28 heavy (non-hydrogen) atoms. The molecule has 2 N–H and O–H groups in total. The summed E-state index contributed by atoms with van der Waals surface area (Å²) in [5, 5.41) is 22.8. The Morgan fingerprint density at radius 1 is 1.39 bits per heavy atom. The van der Waals surface area contributed by atoms with Crippen LogP contribution in [0.3, 0.4) is 0 Å². The predicted octanol–water partition coefficient (Wildman–Crippen LogP) is 0.0142. The number of aliphatic hydroxyl groups is 2. The van der Waals surface area contributed by atoms with Gasteiger partial charge in [0.1, 0.15) is 35.1 Å².